The molecule has 0 heterocycles. The van der Waals surface area contributed by atoms with Crippen molar-refractivity contribution in [3.63, 3.8) is 0 Å². The zero-order chi connectivity index (χ0) is 11.1. The van der Waals surface area contributed by atoms with Crippen molar-refractivity contribution >= 4 is 5.69 Å². The van der Waals surface area contributed by atoms with Crippen molar-refractivity contribution in [1.82, 2.24) is 0 Å². The van der Waals surface area contributed by atoms with E-state index in [-0.39, 0.29) is 14.9 Å². The summed E-state index contributed by atoms with van der Waals surface area (Å²) in [6.45, 7) is 8.45. The smallest absolute Gasteiger partial charge is 0.0396 e. The van der Waals surface area contributed by atoms with Crippen LogP contribution in [-0.2, 0) is 0 Å². The highest BCUT2D eigenvalue weighted by Crippen LogP contribution is 2.25. The third-order valence-corrected chi connectivity index (χ3v) is 2.04. The lowest BCUT2D eigenvalue weighted by Crippen LogP contribution is -2.11. The third kappa shape index (κ3) is 5.79. The Hall–Kier alpha value is -0.980. The van der Waals surface area contributed by atoms with Crippen molar-refractivity contribution in [2.24, 2.45) is 0 Å². The minimum atomic E-state index is 0. The number of nitrogens with zero attached hydrogens (tertiary/aromatic N) is 1. The maximum atomic E-state index is 2.22. The van der Waals surface area contributed by atoms with Crippen LogP contribution in [0.3, 0.4) is 0 Å². The molecule has 1 aromatic carbocycles. The van der Waals surface area contributed by atoms with Gasteiger partial charge in [-0.3, -0.25) is 0 Å². The molecule has 1 aromatic rings. The summed E-state index contributed by atoms with van der Waals surface area (Å²) in [5.74, 6) is 0.601. The topological polar surface area (TPSA) is 3.24 Å². The Morgan fingerprint density at radius 3 is 1.69 bits per heavy atom. The molecule has 0 N–H and O–H groups in total. The summed E-state index contributed by atoms with van der Waals surface area (Å²) in [7, 11) is 4.17. The van der Waals surface area contributed by atoms with E-state index in [1.54, 1.807) is 0 Å². The standard InChI is InChI=1S/C11H17N.C2H6.2CH4/c1-9(2)10-7-5-6-8-11(10)12(3)4;1-2;;/h5-9H,1-4H3;1-2H3;2*1H4. The molecular weight excluding hydrogens is 194 g/mol. The number of hydrogen-bond acceptors (Lipinski definition) is 1. The molecule has 0 saturated heterocycles. The zero-order valence-corrected chi connectivity index (χ0v) is 10.3. The Labute approximate surface area is 103 Å². The second kappa shape index (κ2) is 10.5. The molecule has 0 aromatic heterocycles. The van der Waals surface area contributed by atoms with Gasteiger partial charge >= 0.3 is 0 Å². The van der Waals surface area contributed by atoms with Crippen molar-refractivity contribution in [2.45, 2.75) is 48.5 Å². The first-order chi connectivity index (χ1) is 6.63. The van der Waals surface area contributed by atoms with E-state index in [0.29, 0.717) is 5.92 Å². The third-order valence-electron chi connectivity index (χ3n) is 2.04. The molecule has 1 nitrogen and oxygen atoms in total. The zero-order valence-electron chi connectivity index (χ0n) is 10.3. The largest absolute Gasteiger partial charge is 0.377 e. The number of para-hydroxylation sites is 1. The minimum Gasteiger partial charge on any atom is -0.377 e. The average Bonchev–Trinajstić information content (AvgIpc) is 2.20. The average molecular weight is 225 g/mol. The van der Waals surface area contributed by atoms with Crippen molar-refractivity contribution < 1.29 is 0 Å². The van der Waals surface area contributed by atoms with Gasteiger partial charge in [-0.15, -0.1) is 0 Å². The van der Waals surface area contributed by atoms with E-state index in [0.717, 1.165) is 0 Å². The molecule has 0 spiro atoms. The SMILES string of the molecule is C.C.CC.CC(C)c1ccccc1N(C)C. The Kier molecular flexibility index (Phi) is 13.5. The van der Waals surface area contributed by atoms with Crippen molar-refractivity contribution in [2.75, 3.05) is 19.0 Å². The van der Waals surface area contributed by atoms with E-state index >= 15 is 0 Å². The summed E-state index contributed by atoms with van der Waals surface area (Å²) in [5.41, 5.74) is 2.75. The molecule has 96 valence electrons. The van der Waals surface area contributed by atoms with Crippen LogP contribution in [0.15, 0.2) is 24.3 Å². The van der Waals surface area contributed by atoms with Gasteiger partial charge in [0.15, 0.2) is 0 Å². The fourth-order valence-electron chi connectivity index (χ4n) is 1.38. The van der Waals surface area contributed by atoms with Crippen molar-refractivity contribution in [3.8, 4) is 0 Å². The van der Waals surface area contributed by atoms with Crippen molar-refractivity contribution in [3.05, 3.63) is 29.8 Å². The molecule has 0 unspecified atom stereocenters. The fourth-order valence-corrected chi connectivity index (χ4v) is 1.38. The van der Waals surface area contributed by atoms with Gasteiger partial charge in [0.1, 0.15) is 0 Å². The number of anilines is 1. The molecule has 0 aliphatic carbocycles. The van der Waals surface area contributed by atoms with E-state index in [9.17, 15) is 0 Å². The lowest BCUT2D eigenvalue weighted by atomic mass is 10.0. The van der Waals surface area contributed by atoms with Crippen LogP contribution in [0.1, 0.15) is 54.0 Å². The van der Waals surface area contributed by atoms with Gasteiger partial charge in [0.25, 0.3) is 0 Å². The van der Waals surface area contributed by atoms with Crippen LogP contribution in [0.2, 0.25) is 0 Å². The minimum absolute atomic E-state index is 0. The van der Waals surface area contributed by atoms with Crippen LogP contribution < -0.4 is 4.90 Å². The Balaban J connectivity index is -0.000000399. The summed E-state index contributed by atoms with van der Waals surface area (Å²) >= 11 is 0. The molecule has 16 heavy (non-hydrogen) atoms. The number of rotatable bonds is 2. The number of benzene rings is 1. The molecule has 0 atom stereocenters. The predicted octanol–water partition coefficient (Wildman–Crippen LogP) is 5.17. The van der Waals surface area contributed by atoms with Gasteiger partial charge in [-0.25, -0.2) is 0 Å². The highest BCUT2D eigenvalue weighted by Gasteiger charge is 2.05. The molecule has 1 rings (SSSR count). The summed E-state index contributed by atoms with van der Waals surface area (Å²) in [6, 6.07) is 8.54. The molecule has 0 radical (unpaired) electrons. The molecule has 0 aliphatic rings. The predicted molar refractivity (Wildman–Crippen MR) is 79.7 cm³/mol. The molecule has 0 saturated carbocycles. The Morgan fingerprint density at radius 1 is 0.938 bits per heavy atom. The van der Waals surface area contributed by atoms with Crippen LogP contribution in [0.25, 0.3) is 0 Å². The monoisotopic (exact) mass is 225 g/mol. The van der Waals surface area contributed by atoms with E-state index in [1.807, 2.05) is 13.8 Å². The van der Waals surface area contributed by atoms with Crippen molar-refractivity contribution in [1.29, 1.82) is 0 Å². The molecule has 0 aliphatic heterocycles. The summed E-state index contributed by atoms with van der Waals surface area (Å²) < 4.78 is 0. The maximum Gasteiger partial charge on any atom is 0.0396 e. The first kappa shape index (κ1) is 20.4. The summed E-state index contributed by atoms with van der Waals surface area (Å²) in [6.07, 6.45) is 0. The Bertz CT molecular complexity index is 224. The fraction of sp³-hybridized carbons (Fsp3) is 0.600. The molecule has 0 fully saturated rings. The van der Waals surface area contributed by atoms with E-state index in [1.165, 1.54) is 11.3 Å². The van der Waals surface area contributed by atoms with Crippen LogP contribution in [0.5, 0.6) is 0 Å². The molecule has 0 amide bonds. The second-order valence-electron chi connectivity index (χ2n) is 3.61. The molecular formula is C15H31N. The van der Waals surface area contributed by atoms with Gasteiger partial charge < -0.3 is 4.90 Å². The lowest BCUT2D eigenvalue weighted by Gasteiger charge is -2.19. The van der Waals surface area contributed by atoms with Crippen LogP contribution >= 0.6 is 0 Å². The van der Waals surface area contributed by atoms with Gasteiger partial charge in [0, 0.05) is 19.8 Å². The van der Waals surface area contributed by atoms with Gasteiger partial charge in [0.2, 0.25) is 0 Å². The van der Waals surface area contributed by atoms with Gasteiger partial charge in [-0.05, 0) is 17.5 Å². The first-order valence-corrected chi connectivity index (χ1v) is 5.39. The van der Waals surface area contributed by atoms with E-state index in [4.69, 9.17) is 0 Å². The quantitative estimate of drug-likeness (QED) is 0.671. The van der Waals surface area contributed by atoms with Gasteiger partial charge in [-0.2, -0.15) is 0 Å². The van der Waals surface area contributed by atoms with Crippen LogP contribution in [0, 0.1) is 0 Å². The molecule has 0 bridgehead atoms. The van der Waals surface area contributed by atoms with Crippen LogP contribution in [0.4, 0.5) is 5.69 Å². The van der Waals surface area contributed by atoms with Crippen LogP contribution in [-0.4, -0.2) is 14.1 Å². The normalized spacial score (nSPS) is 8.19. The van der Waals surface area contributed by atoms with Gasteiger partial charge in [-0.1, -0.05) is 60.7 Å². The lowest BCUT2D eigenvalue weighted by molar-refractivity contribution is 0.858. The highest BCUT2D eigenvalue weighted by molar-refractivity contribution is 5.53. The maximum absolute atomic E-state index is 2.22. The Morgan fingerprint density at radius 2 is 1.38 bits per heavy atom. The second-order valence-corrected chi connectivity index (χ2v) is 3.61. The first-order valence-electron chi connectivity index (χ1n) is 5.39. The van der Waals surface area contributed by atoms with Gasteiger partial charge in [0.05, 0.1) is 0 Å². The molecule has 1 heteroatoms. The number of hydrogen-bond donors (Lipinski definition) is 0. The van der Waals surface area contributed by atoms with E-state index < -0.39 is 0 Å². The summed E-state index contributed by atoms with van der Waals surface area (Å²) in [5, 5.41) is 0. The highest BCUT2D eigenvalue weighted by atomic mass is 15.1. The van der Waals surface area contributed by atoms with E-state index in [2.05, 4.69) is 57.1 Å². The summed E-state index contributed by atoms with van der Waals surface area (Å²) in [4.78, 5) is 2.16.